The van der Waals surface area contributed by atoms with Crippen molar-refractivity contribution in [1.82, 2.24) is 5.32 Å². The maximum Gasteiger partial charge on any atom is 0.184 e. The van der Waals surface area contributed by atoms with Crippen LogP contribution in [0.4, 0.5) is 10.1 Å². The standard InChI is InChI=1S/C22H23FN2O3S/c23-18-19(28-9-8-26)17(13-27)29-20(18)14-2-1-3-15(10-14)24-16-11-21(4-5-21)25-22(12-16)6-7-22/h1-3,8,10,13,16,24-25H,4-7,9,11-12H2. The lowest BCUT2D eigenvalue weighted by Gasteiger charge is -2.38. The first kappa shape index (κ1) is 18.8. The second-order valence-corrected chi connectivity index (χ2v) is 9.60. The molecule has 7 heteroatoms. The van der Waals surface area contributed by atoms with Gasteiger partial charge in [-0.25, -0.2) is 4.39 Å². The lowest BCUT2D eigenvalue weighted by Crippen LogP contribution is -2.52. The van der Waals surface area contributed by atoms with Crippen molar-refractivity contribution in [2.24, 2.45) is 0 Å². The summed E-state index contributed by atoms with van der Waals surface area (Å²) in [5.74, 6) is -0.734. The van der Waals surface area contributed by atoms with Gasteiger partial charge in [-0.3, -0.25) is 9.59 Å². The van der Waals surface area contributed by atoms with Gasteiger partial charge in [-0.1, -0.05) is 12.1 Å². The van der Waals surface area contributed by atoms with E-state index in [9.17, 15) is 14.0 Å². The lowest BCUT2D eigenvalue weighted by molar-refractivity contribution is -0.109. The first-order valence-electron chi connectivity index (χ1n) is 10.1. The van der Waals surface area contributed by atoms with Gasteiger partial charge in [-0.05, 0) is 56.2 Å². The van der Waals surface area contributed by atoms with Crippen molar-refractivity contribution in [1.29, 1.82) is 0 Å². The molecule has 0 unspecified atom stereocenters. The van der Waals surface area contributed by atoms with Crippen LogP contribution in [0, 0.1) is 5.82 Å². The number of rotatable bonds is 7. The summed E-state index contributed by atoms with van der Waals surface area (Å²) >= 11 is 1.04. The van der Waals surface area contributed by atoms with E-state index in [4.69, 9.17) is 4.74 Å². The van der Waals surface area contributed by atoms with Gasteiger partial charge < -0.3 is 15.4 Å². The maximum atomic E-state index is 14.9. The van der Waals surface area contributed by atoms with E-state index < -0.39 is 5.82 Å². The zero-order valence-electron chi connectivity index (χ0n) is 16.0. The molecule has 1 saturated heterocycles. The highest BCUT2D eigenvalue weighted by molar-refractivity contribution is 7.17. The lowest BCUT2D eigenvalue weighted by atomic mass is 9.90. The number of aldehydes is 2. The van der Waals surface area contributed by atoms with Crippen molar-refractivity contribution in [2.75, 3.05) is 11.9 Å². The topological polar surface area (TPSA) is 67.4 Å². The largest absolute Gasteiger partial charge is 0.481 e. The van der Waals surface area contributed by atoms with Crippen LogP contribution in [0.3, 0.4) is 0 Å². The molecule has 2 N–H and O–H groups in total. The number of nitrogens with one attached hydrogen (secondary N) is 2. The van der Waals surface area contributed by atoms with E-state index >= 15 is 0 Å². The molecule has 0 atom stereocenters. The van der Waals surface area contributed by atoms with Gasteiger partial charge in [0.1, 0.15) is 11.5 Å². The second-order valence-electron chi connectivity index (χ2n) is 8.55. The third-order valence-electron chi connectivity index (χ3n) is 6.24. The minimum atomic E-state index is -0.591. The van der Waals surface area contributed by atoms with Gasteiger partial charge >= 0.3 is 0 Å². The van der Waals surface area contributed by atoms with Crippen LogP contribution >= 0.6 is 11.3 Å². The Morgan fingerprint density at radius 2 is 1.93 bits per heavy atom. The fourth-order valence-corrected chi connectivity index (χ4v) is 5.59. The minimum absolute atomic E-state index is 0.143. The summed E-state index contributed by atoms with van der Waals surface area (Å²) in [4.78, 5) is 22.4. The molecule has 152 valence electrons. The Morgan fingerprint density at radius 3 is 2.55 bits per heavy atom. The number of carbonyl (C=O) groups excluding carboxylic acids is 2. The van der Waals surface area contributed by atoms with Crippen LogP contribution in [-0.2, 0) is 4.79 Å². The number of piperidine rings is 1. The Kier molecular flexibility index (Phi) is 4.47. The summed E-state index contributed by atoms with van der Waals surface area (Å²) in [6.45, 7) is -0.283. The molecule has 2 spiro atoms. The molecule has 1 aromatic heterocycles. The Hall–Kier alpha value is -2.25. The van der Waals surface area contributed by atoms with Gasteiger partial charge in [0.2, 0.25) is 0 Å². The molecule has 0 amide bonds. The number of hydrogen-bond acceptors (Lipinski definition) is 6. The fraction of sp³-hybridized carbons (Fsp3) is 0.455. The molecular formula is C22H23FN2O3S. The quantitative estimate of drug-likeness (QED) is 0.666. The molecule has 0 bridgehead atoms. The van der Waals surface area contributed by atoms with Crippen LogP contribution in [0.15, 0.2) is 24.3 Å². The Labute approximate surface area is 172 Å². The summed E-state index contributed by atoms with van der Waals surface area (Å²) in [5.41, 5.74) is 2.30. The van der Waals surface area contributed by atoms with Crippen LogP contribution in [0.1, 0.15) is 48.2 Å². The van der Waals surface area contributed by atoms with Crippen LogP contribution < -0.4 is 15.4 Å². The zero-order valence-corrected chi connectivity index (χ0v) is 16.8. The monoisotopic (exact) mass is 414 g/mol. The van der Waals surface area contributed by atoms with E-state index in [0.717, 1.165) is 29.9 Å². The highest BCUT2D eigenvalue weighted by Crippen LogP contribution is 2.53. The van der Waals surface area contributed by atoms with E-state index in [-0.39, 0.29) is 17.2 Å². The Balaban J connectivity index is 1.38. The van der Waals surface area contributed by atoms with Gasteiger partial charge in [-0.2, -0.15) is 0 Å². The van der Waals surface area contributed by atoms with Gasteiger partial charge in [-0.15, -0.1) is 11.3 Å². The van der Waals surface area contributed by atoms with Crippen molar-refractivity contribution >= 4 is 29.6 Å². The van der Waals surface area contributed by atoms with Gasteiger partial charge in [0, 0.05) is 22.8 Å². The molecule has 2 saturated carbocycles. The van der Waals surface area contributed by atoms with E-state index in [0.29, 0.717) is 40.1 Å². The highest BCUT2D eigenvalue weighted by Gasteiger charge is 2.58. The van der Waals surface area contributed by atoms with Gasteiger partial charge in [0.05, 0.1) is 4.88 Å². The van der Waals surface area contributed by atoms with E-state index in [1.54, 1.807) is 0 Å². The van der Waals surface area contributed by atoms with Crippen LogP contribution in [0.25, 0.3) is 10.4 Å². The summed E-state index contributed by atoms with van der Waals surface area (Å²) in [6, 6.07) is 8.05. The molecular weight excluding hydrogens is 391 g/mol. The van der Waals surface area contributed by atoms with E-state index in [1.807, 2.05) is 24.3 Å². The van der Waals surface area contributed by atoms with Crippen LogP contribution in [0.5, 0.6) is 5.75 Å². The summed E-state index contributed by atoms with van der Waals surface area (Å²) in [5, 5.41) is 7.55. The number of benzene rings is 1. The summed E-state index contributed by atoms with van der Waals surface area (Å²) in [7, 11) is 0. The van der Waals surface area contributed by atoms with Crippen molar-refractivity contribution in [3.63, 3.8) is 0 Å². The van der Waals surface area contributed by atoms with Gasteiger partial charge in [0.25, 0.3) is 0 Å². The molecule has 1 aliphatic heterocycles. The molecule has 0 radical (unpaired) electrons. The minimum Gasteiger partial charge on any atom is -0.481 e. The molecule has 2 heterocycles. The van der Waals surface area contributed by atoms with Crippen molar-refractivity contribution in [2.45, 2.75) is 55.6 Å². The third-order valence-corrected chi connectivity index (χ3v) is 7.37. The van der Waals surface area contributed by atoms with Crippen molar-refractivity contribution in [3.05, 3.63) is 35.0 Å². The predicted molar refractivity (Wildman–Crippen MR) is 110 cm³/mol. The highest BCUT2D eigenvalue weighted by atomic mass is 32.1. The number of halogens is 1. The molecule has 29 heavy (non-hydrogen) atoms. The molecule has 2 aliphatic carbocycles. The smallest absolute Gasteiger partial charge is 0.184 e. The number of ether oxygens (including phenoxy) is 1. The molecule has 5 nitrogen and oxygen atoms in total. The second kappa shape index (κ2) is 6.92. The maximum absolute atomic E-state index is 14.9. The van der Waals surface area contributed by atoms with Crippen LogP contribution in [-0.4, -0.2) is 36.3 Å². The first-order valence-corrected chi connectivity index (χ1v) is 10.9. The fourth-order valence-electron chi connectivity index (χ4n) is 4.66. The van der Waals surface area contributed by atoms with E-state index in [2.05, 4.69) is 10.6 Å². The number of carbonyl (C=O) groups is 2. The van der Waals surface area contributed by atoms with E-state index in [1.165, 1.54) is 25.7 Å². The molecule has 2 aromatic rings. The molecule has 3 aliphatic rings. The zero-order chi connectivity index (χ0) is 20.1. The van der Waals surface area contributed by atoms with Crippen LogP contribution in [0.2, 0.25) is 0 Å². The van der Waals surface area contributed by atoms with Crippen molar-refractivity contribution in [3.8, 4) is 16.2 Å². The Morgan fingerprint density at radius 1 is 1.21 bits per heavy atom. The predicted octanol–water partition coefficient (Wildman–Crippen LogP) is 4.17. The van der Waals surface area contributed by atoms with Gasteiger partial charge in [0.15, 0.2) is 24.1 Å². The van der Waals surface area contributed by atoms with Crippen molar-refractivity contribution < 1.29 is 18.7 Å². The first-order chi connectivity index (χ1) is 14.1. The Bertz CT molecular complexity index is 945. The molecule has 3 fully saturated rings. The molecule has 1 aromatic carbocycles. The molecule has 5 rings (SSSR count). The average molecular weight is 415 g/mol. The SMILES string of the molecule is O=CCOc1c(C=O)sc(-c2cccc(NC3CC4(CC4)NC4(CC4)C3)c2)c1F. The normalized spacial score (nSPS) is 23.0. The number of hydrogen-bond donors (Lipinski definition) is 2. The number of anilines is 1. The summed E-state index contributed by atoms with van der Waals surface area (Å²) in [6.07, 6.45) is 8.36. The number of thiophene rings is 1. The summed E-state index contributed by atoms with van der Waals surface area (Å²) < 4.78 is 20.0. The average Bonchev–Trinajstić information content (AvgIpc) is 3.61. The third kappa shape index (κ3) is 3.57.